The minimum Gasteiger partial charge on any atom is -0.469 e. The molecule has 3 heterocycles. The summed E-state index contributed by atoms with van der Waals surface area (Å²) >= 11 is 0. The van der Waals surface area contributed by atoms with Crippen LogP contribution in [0.2, 0.25) is 0 Å². The highest BCUT2D eigenvalue weighted by molar-refractivity contribution is 6.04. The summed E-state index contributed by atoms with van der Waals surface area (Å²) in [6, 6.07) is 9.24. The van der Waals surface area contributed by atoms with Crippen LogP contribution < -0.4 is 14.8 Å². The third-order valence-electron chi connectivity index (χ3n) is 5.91. The van der Waals surface area contributed by atoms with E-state index >= 15 is 0 Å². The second kappa shape index (κ2) is 7.09. The highest BCUT2D eigenvalue weighted by Crippen LogP contribution is 2.47. The highest BCUT2D eigenvalue weighted by atomic mass is 16.7. The molecule has 0 amide bonds. The number of benzene rings is 1. The Morgan fingerprint density at radius 1 is 1.17 bits per heavy atom. The molecule has 1 N–H and O–H groups in total. The van der Waals surface area contributed by atoms with Crippen LogP contribution >= 0.6 is 0 Å². The molecule has 0 unspecified atom stereocenters. The molecule has 2 aliphatic heterocycles. The first-order chi connectivity index (χ1) is 14.6. The Balaban J connectivity index is 1.62. The molecule has 0 fully saturated rings. The number of carbonyl (C=O) groups excluding carboxylic acids is 2. The van der Waals surface area contributed by atoms with Crippen molar-refractivity contribution in [1.82, 2.24) is 5.32 Å². The van der Waals surface area contributed by atoms with Crippen molar-refractivity contribution in [2.24, 2.45) is 0 Å². The Bertz CT molecular complexity index is 1090. The van der Waals surface area contributed by atoms with E-state index in [0.717, 1.165) is 17.0 Å². The minimum atomic E-state index is -0.534. The number of rotatable bonds is 3. The third kappa shape index (κ3) is 2.89. The van der Waals surface area contributed by atoms with Gasteiger partial charge in [0.2, 0.25) is 6.79 Å². The average Bonchev–Trinajstić information content (AvgIpc) is 3.43. The van der Waals surface area contributed by atoms with E-state index < -0.39 is 11.9 Å². The van der Waals surface area contributed by atoms with E-state index in [1.807, 2.05) is 37.3 Å². The van der Waals surface area contributed by atoms with Gasteiger partial charge in [-0.1, -0.05) is 6.07 Å². The summed E-state index contributed by atoms with van der Waals surface area (Å²) in [4.78, 5) is 26.0. The number of dihydropyridines is 1. The van der Waals surface area contributed by atoms with Gasteiger partial charge < -0.3 is 23.9 Å². The molecule has 1 aliphatic carbocycles. The molecule has 5 rings (SSSR count). The van der Waals surface area contributed by atoms with Gasteiger partial charge in [-0.05, 0) is 43.2 Å². The van der Waals surface area contributed by atoms with Crippen LogP contribution in [0.3, 0.4) is 0 Å². The number of allylic oxidation sites excluding steroid dienone is 3. The van der Waals surface area contributed by atoms with Gasteiger partial charge in [0.05, 0.1) is 18.9 Å². The largest absolute Gasteiger partial charge is 0.469 e. The number of ether oxygens (including phenoxy) is 3. The van der Waals surface area contributed by atoms with E-state index in [9.17, 15) is 9.59 Å². The van der Waals surface area contributed by atoms with Crippen molar-refractivity contribution >= 4 is 11.8 Å². The molecule has 154 valence electrons. The number of nitrogens with one attached hydrogen (secondary N) is 1. The fraction of sp³-hybridized carbons (Fsp3) is 0.304. The van der Waals surface area contributed by atoms with E-state index in [2.05, 4.69) is 5.32 Å². The van der Waals surface area contributed by atoms with Crippen LogP contribution in [0, 0.1) is 0 Å². The van der Waals surface area contributed by atoms with Gasteiger partial charge in [0, 0.05) is 35.2 Å². The number of methoxy groups -OCH3 is 1. The minimum absolute atomic E-state index is 0.0123. The zero-order chi connectivity index (χ0) is 20.8. The number of Topliss-reactive ketones (excluding diaryl/α,β-unsaturated/α-hetero) is 1. The lowest BCUT2D eigenvalue weighted by atomic mass is 9.72. The number of ketones is 1. The van der Waals surface area contributed by atoms with Gasteiger partial charge in [0.15, 0.2) is 17.3 Å². The van der Waals surface area contributed by atoms with Gasteiger partial charge >= 0.3 is 5.97 Å². The van der Waals surface area contributed by atoms with Crippen LogP contribution in [-0.2, 0) is 14.3 Å². The quantitative estimate of drug-likeness (QED) is 0.779. The van der Waals surface area contributed by atoms with Crippen molar-refractivity contribution in [3.63, 3.8) is 0 Å². The van der Waals surface area contributed by atoms with Crippen molar-refractivity contribution in [3.05, 3.63) is 70.5 Å². The maximum atomic E-state index is 13.3. The van der Waals surface area contributed by atoms with E-state index in [1.54, 1.807) is 6.26 Å². The number of hydrogen-bond donors (Lipinski definition) is 1. The summed E-state index contributed by atoms with van der Waals surface area (Å²) in [5.74, 6) is 0.993. The molecule has 0 bridgehead atoms. The number of fused-ring (bicyclic) bond motifs is 1. The maximum absolute atomic E-state index is 13.3. The first-order valence-corrected chi connectivity index (χ1v) is 9.82. The third-order valence-corrected chi connectivity index (χ3v) is 5.91. The molecule has 0 saturated carbocycles. The summed E-state index contributed by atoms with van der Waals surface area (Å²) < 4.78 is 21.5. The van der Waals surface area contributed by atoms with E-state index in [-0.39, 0.29) is 18.5 Å². The number of esters is 1. The summed E-state index contributed by atoms with van der Waals surface area (Å²) in [5, 5.41) is 3.30. The van der Waals surface area contributed by atoms with Crippen LogP contribution in [0.5, 0.6) is 11.5 Å². The zero-order valence-corrected chi connectivity index (χ0v) is 16.7. The van der Waals surface area contributed by atoms with Crippen LogP contribution in [0.25, 0.3) is 0 Å². The Morgan fingerprint density at radius 2 is 2.00 bits per heavy atom. The van der Waals surface area contributed by atoms with Crippen LogP contribution in [0.4, 0.5) is 0 Å². The SMILES string of the molecule is COC(=O)C1=C(C)NC2=C(C(=O)C[C@H](c3ccco3)C2)[C@@H]1c1ccc2c(c1)OCO2. The van der Waals surface area contributed by atoms with E-state index in [1.165, 1.54) is 7.11 Å². The van der Waals surface area contributed by atoms with Gasteiger partial charge in [-0.25, -0.2) is 4.79 Å². The van der Waals surface area contributed by atoms with Gasteiger partial charge in [-0.3, -0.25) is 4.79 Å². The van der Waals surface area contributed by atoms with Gasteiger partial charge in [-0.2, -0.15) is 0 Å². The molecule has 0 spiro atoms. The molecule has 2 aromatic rings. The van der Waals surface area contributed by atoms with Crippen LogP contribution in [0.15, 0.2) is 63.6 Å². The summed E-state index contributed by atoms with van der Waals surface area (Å²) in [5.41, 5.74) is 3.32. The molecule has 1 aromatic heterocycles. The monoisotopic (exact) mass is 407 g/mol. The number of furan rings is 1. The van der Waals surface area contributed by atoms with Crippen LogP contribution in [0.1, 0.15) is 42.9 Å². The van der Waals surface area contributed by atoms with Gasteiger partial charge in [-0.15, -0.1) is 0 Å². The van der Waals surface area contributed by atoms with Crippen molar-refractivity contribution in [2.45, 2.75) is 31.6 Å². The maximum Gasteiger partial charge on any atom is 0.336 e. The number of hydrogen-bond acceptors (Lipinski definition) is 7. The van der Waals surface area contributed by atoms with Crippen molar-refractivity contribution in [1.29, 1.82) is 0 Å². The zero-order valence-electron chi connectivity index (χ0n) is 16.7. The lowest BCUT2D eigenvalue weighted by Crippen LogP contribution is -2.35. The predicted octanol–water partition coefficient (Wildman–Crippen LogP) is 3.54. The second-order valence-electron chi connectivity index (χ2n) is 7.64. The first kappa shape index (κ1) is 18.5. The standard InChI is InChI=1S/C23H21NO6/c1-12-20(23(26)27-2)21(13-5-6-18-19(10-13)30-11-29-18)22-15(24-12)8-14(9-16(22)25)17-4-3-7-28-17/h3-7,10,14,21,24H,8-9,11H2,1-2H3/t14-,21-/m1/s1. The van der Waals surface area contributed by atoms with Crippen molar-refractivity contribution in [2.75, 3.05) is 13.9 Å². The molecule has 7 nitrogen and oxygen atoms in total. The molecule has 7 heteroatoms. The summed E-state index contributed by atoms with van der Waals surface area (Å²) in [6.07, 6.45) is 2.57. The average molecular weight is 407 g/mol. The fourth-order valence-corrected chi connectivity index (χ4v) is 4.57. The lowest BCUT2D eigenvalue weighted by molar-refractivity contribution is -0.136. The van der Waals surface area contributed by atoms with E-state index in [0.29, 0.717) is 41.2 Å². The Morgan fingerprint density at radius 3 is 2.77 bits per heavy atom. The highest BCUT2D eigenvalue weighted by Gasteiger charge is 2.42. The Kier molecular flexibility index (Phi) is 4.38. The lowest BCUT2D eigenvalue weighted by Gasteiger charge is -2.36. The molecular formula is C23H21NO6. The van der Waals surface area contributed by atoms with Gasteiger partial charge in [0.25, 0.3) is 0 Å². The molecule has 0 radical (unpaired) electrons. The molecule has 30 heavy (non-hydrogen) atoms. The molecule has 0 saturated heterocycles. The fourth-order valence-electron chi connectivity index (χ4n) is 4.57. The summed E-state index contributed by atoms with van der Waals surface area (Å²) in [6.45, 7) is 1.98. The Labute approximate surface area is 173 Å². The van der Waals surface area contributed by atoms with Crippen molar-refractivity contribution in [3.8, 4) is 11.5 Å². The van der Waals surface area contributed by atoms with E-state index in [4.69, 9.17) is 18.6 Å². The van der Waals surface area contributed by atoms with Crippen LogP contribution in [-0.4, -0.2) is 25.7 Å². The topological polar surface area (TPSA) is 87.0 Å². The molecule has 3 aliphatic rings. The smallest absolute Gasteiger partial charge is 0.336 e. The first-order valence-electron chi connectivity index (χ1n) is 9.82. The predicted molar refractivity (Wildman–Crippen MR) is 106 cm³/mol. The number of carbonyl (C=O) groups is 2. The molecular weight excluding hydrogens is 386 g/mol. The van der Waals surface area contributed by atoms with Crippen molar-refractivity contribution < 1.29 is 28.2 Å². The summed E-state index contributed by atoms with van der Waals surface area (Å²) in [7, 11) is 1.35. The normalized spacial score (nSPS) is 22.7. The van der Waals surface area contributed by atoms with Gasteiger partial charge in [0.1, 0.15) is 5.76 Å². The second-order valence-corrected chi connectivity index (χ2v) is 7.64. The molecule has 1 aromatic carbocycles. The Hall–Kier alpha value is -3.48. The molecule has 2 atom stereocenters.